The van der Waals surface area contributed by atoms with Crippen LogP contribution in [0.5, 0.6) is 0 Å². The molecule has 8 heteroatoms. The van der Waals surface area contributed by atoms with Gasteiger partial charge in [0.25, 0.3) is 5.91 Å². The molecule has 0 saturated carbocycles. The lowest BCUT2D eigenvalue weighted by Gasteiger charge is -2.08. The molecule has 25 heavy (non-hydrogen) atoms. The predicted octanol–water partition coefficient (Wildman–Crippen LogP) is 4.93. The Kier molecular flexibility index (Phi) is 6.50. The Morgan fingerprint density at radius 2 is 1.96 bits per heavy atom. The fraction of sp³-hybridized carbons (Fsp3) is 0.0588. The molecule has 1 N–H and O–H groups in total. The molecule has 0 spiro atoms. The molecule has 2 aromatic rings. The van der Waals surface area contributed by atoms with Crippen LogP contribution in [0.3, 0.4) is 0 Å². The van der Waals surface area contributed by atoms with E-state index in [1.54, 1.807) is 12.1 Å². The van der Waals surface area contributed by atoms with Crippen molar-refractivity contribution in [1.82, 2.24) is 0 Å². The highest BCUT2D eigenvalue weighted by Gasteiger charge is 2.13. The van der Waals surface area contributed by atoms with Gasteiger partial charge in [-0.1, -0.05) is 34.4 Å². The third kappa shape index (κ3) is 5.27. The van der Waals surface area contributed by atoms with Crippen molar-refractivity contribution in [2.45, 2.75) is 0 Å². The van der Waals surface area contributed by atoms with Crippen LogP contribution in [0.1, 0.15) is 5.56 Å². The van der Waals surface area contributed by atoms with Crippen LogP contribution in [-0.2, 0) is 9.63 Å². The standard InChI is InChI=1S/C17H12Cl2F2N2O2/c1-25-22-9-11(6-10-2-3-12(18)7-14(10)19)17(24)23-16-5-4-13(20)8-15(16)21/h2-9H,1H3,(H,23,24)/b11-6-,22-9-. The number of hydrogen-bond donors (Lipinski definition) is 1. The lowest BCUT2D eigenvalue weighted by Crippen LogP contribution is -2.16. The monoisotopic (exact) mass is 384 g/mol. The van der Waals surface area contributed by atoms with Crippen LogP contribution < -0.4 is 5.32 Å². The summed E-state index contributed by atoms with van der Waals surface area (Å²) in [6, 6.07) is 7.53. The van der Waals surface area contributed by atoms with Gasteiger partial charge in [-0.15, -0.1) is 0 Å². The number of carbonyl (C=O) groups is 1. The van der Waals surface area contributed by atoms with Gasteiger partial charge in [-0.2, -0.15) is 0 Å². The normalized spacial score (nSPS) is 11.6. The summed E-state index contributed by atoms with van der Waals surface area (Å²) in [5, 5.41) is 6.62. The van der Waals surface area contributed by atoms with Crippen molar-refractivity contribution in [2.75, 3.05) is 12.4 Å². The number of carbonyl (C=O) groups excluding carboxylic acids is 1. The van der Waals surface area contributed by atoms with Gasteiger partial charge < -0.3 is 10.2 Å². The minimum absolute atomic E-state index is 0.0368. The van der Waals surface area contributed by atoms with E-state index in [0.29, 0.717) is 21.7 Å². The van der Waals surface area contributed by atoms with Crippen molar-refractivity contribution >= 4 is 47.1 Å². The topological polar surface area (TPSA) is 50.7 Å². The second kappa shape index (κ2) is 8.60. The van der Waals surface area contributed by atoms with E-state index >= 15 is 0 Å². The summed E-state index contributed by atoms with van der Waals surface area (Å²) in [5.41, 5.74) is 0.360. The Morgan fingerprint density at radius 1 is 1.20 bits per heavy atom. The second-order valence-electron chi connectivity index (χ2n) is 4.76. The van der Waals surface area contributed by atoms with Crippen LogP contribution >= 0.6 is 23.2 Å². The zero-order valence-corrected chi connectivity index (χ0v) is 14.4. The molecule has 0 saturated heterocycles. The summed E-state index contributed by atoms with van der Waals surface area (Å²) < 4.78 is 26.6. The minimum Gasteiger partial charge on any atom is -0.399 e. The third-order valence-corrected chi connectivity index (χ3v) is 3.57. The third-order valence-electron chi connectivity index (χ3n) is 3.01. The van der Waals surface area contributed by atoms with Crippen molar-refractivity contribution < 1.29 is 18.4 Å². The molecule has 0 aromatic heterocycles. The summed E-state index contributed by atoms with van der Waals surface area (Å²) >= 11 is 11.9. The van der Waals surface area contributed by atoms with Gasteiger partial charge in [-0.05, 0) is 35.9 Å². The van der Waals surface area contributed by atoms with Crippen LogP contribution in [0.2, 0.25) is 10.0 Å². The Morgan fingerprint density at radius 3 is 2.60 bits per heavy atom. The van der Waals surface area contributed by atoms with Gasteiger partial charge >= 0.3 is 0 Å². The number of rotatable bonds is 5. The number of oxime groups is 1. The van der Waals surface area contributed by atoms with Crippen LogP contribution in [0.25, 0.3) is 6.08 Å². The summed E-state index contributed by atoms with van der Waals surface area (Å²) in [4.78, 5) is 17.0. The van der Waals surface area contributed by atoms with Crippen molar-refractivity contribution in [3.8, 4) is 0 Å². The number of amides is 1. The van der Waals surface area contributed by atoms with Gasteiger partial charge in [0.2, 0.25) is 0 Å². The van der Waals surface area contributed by atoms with Crippen molar-refractivity contribution in [3.05, 3.63) is 69.2 Å². The van der Waals surface area contributed by atoms with E-state index < -0.39 is 17.5 Å². The number of nitrogens with one attached hydrogen (secondary N) is 1. The zero-order chi connectivity index (χ0) is 18.4. The van der Waals surface area contributed by atoms with E-state index in [-0.39, 0.29) is 11.3 Å². The first kappa shape index (κ1) is 18.9. The summed E-state index contributed by atoms with van der Waals surface area (Å²) in [5.74, 6) is -2.33. The van der Waals surface area contributed by atoms with Crippen molar-refractivity contribution in [1.29, 1.82) is 0 Å². The van der Waals surface area contributed by atoms with E-state index in [9.17, 15) is 13.6 Å². The highest BCUT2D eigenvalue weighted by Crippen LogP contribution is 2.23. The summed E-state index contributed by atoms with van der Waals surface area (Å²) in [7, 11) is 1.31. The Balaban J connectivity index is 2.34. The molecule has 0 radical (unpaired) electrons. The Labute approximate surface area is 152 Å². The van der Waals surface area contributed by atoms with Crippen LogP contribution in [0.15, 0.2) is 47.1 Å². The molecule has 0 atom stereocenters. The molecule has 0 aliphatic heterocycles. The molecule has 1 amide bonds. The van der Waals surface area contributed by atoms with E-state index in [2.05, 4.69) is 15.3 Å². The Bertz CT molecular complexity index is 855. The van der Waals surface area contributed by atoms with Crippen molar-refractivity contribution in [3.63, 3.8) is 0 Å². The first-order valence-corrected chi connectivity index (χ1v) is 7.66. The van der Waals surface area contributed by atoms with Gasteiger partial charge in [-0.25, -0.2) is 8.78 Å². The molecule has 2 rings (SSSR count). The average Bonchev–Trinajstić information content (AvgIpc) is 2.55. The van der Waals surface area contributed by atoms with Crippen LogP contribution in [0.4, 0.5) is 14.5 Å². The molecule has 0 bridgehead atoms. The van der Waals surface area contributed by atoms with Gasteiger partial charge in [0.15, 0.2) is 0 Å². The molecule has 4 nitrogen and oxygen atoms in total. The van der Waals surface area contributed by atoms with Crippen LogP contribution in [-0.4, -0.2) is 19.2 Å². The lowest BCUT2D eigenvalue weighted by atomic mass is 10.1. The fourth-order valence-corrected chi connectivity index (χ4v) is 2.31. The molecule has 0 aliphatic carbocycles. The molecular formula is C17H12Cl2F2N2O2. The van der Waals surface area contributed by atoms with Gasteiger partial charge in [0, 0.05) is 16.1 Å². The van der Waals surface area contributed by atoms with E-state index in [4.69, 9.17) is 23.2 Å². The molecular weight excluding hydrogens is 373 g/mol. The van der Waals surface area contributed by atoms with Crippen molar-refractivity contribution in [2.24, 2.45) is 5.16 Å². The number of anilines is 1. The maximum absolute atomic E-state index is 13.7. The van der Waals surface area contributed by atoms with E-state index in [1.807, 2.05) is 0 Å². The molecule has 0 unspecified atom stereocenters. The molecule has 130 valence electrons. The SMILES string of the molecule is CO/N=C\C(=C\c1ccc(Cl)cc1Cl)C(=O)Nc1ccc(F)cc1F. The molecule has 0 aliphatic rings. The smallest absolute Gasteiger partial charge is 0.257 e. The second-order valence-corrected chi connectivity index (χ2v) is 5.60. The van der Waals surface area contributed by atoms with Gasteiger partial charge in [0.1, 0.15) is 18.7 Å². The lowest BCUT2D eigenvalue weighted by molar-refractivity contribution is -0.112. The summed E-state index contributed by atoms with van der Waals surface area (Å²) in [6.45, 7) is 0. The number of halogens is 4. The quantitative estimate of drug-likeness (QED) is 0.451. The number of hydrogen-bond acceptors (Lipinski definition) is 3. The number of benzene rings is 2. The average molecular weight is 385 g/mol. The number of nitrogens with zero attached hydrogens (tertiary/aromatic N) is 1. The maximum atomic E-state index is 13.7. The molecule has 2 aromatic carbocycles. The maximum Gasteiger partial charge on any atom is 0.257 e. The first-order valence-electron chi connectivity index (χ1n) is 6.90. The van der Waals surface area contributed by atoms with Crippen LogP contribution in [0, 0.1) is 11.6 Å². The highest BCUT2D eigenvalue weighted by molar-refractivity contribution is 6.35. The molecule has 0 fully saturated rings. The van der Waals surface area contributed by atoms with Gasteiger partial charge in [0.05, 0.1) is 17.5 Å². The first-order chi connectivity index (χ1) is 11.9. The Hall–Kier alpha value is -2.44. The predicted molar refractivity (Wildman–Crippen MR) is 94.9 cm³/mol. The largest absolute Gasteiger partial charge is 0.399 e. The van der Waals surface area contributed by atoms with E-state index in [0.717, 1.165) is 18.3 Å². The summed E-state index contributed by atoms with van der Waals surface area (Å²) in [6.07, 6.45) is 2.57. The highest BCUT2D eigenvalue weighted by atomic mass is 35.5. The zero-order valence-electron chi connectivity index (χ0n) is 12.9. The minimum atomic E-state index is -0.902. The fourth-order valence-electron chi connectivity index (χ4n) is 1.84. The van der Waals surface area contributed by atoms with Gasteiger partial charge in [-0.3, -0.25) is 4.79 Å². The molecule has 0 heterocycles. The van der Waals surface area contributed by atoms with E-state index in [1.165, 1.54) is 19.3 Å².